The molecule has 0 aliphatic carbocycles. The zero-order valence-electron chi connectivity index (χ0n) is 12.3. The summed E-state index contributed by atoms with van der Waals surface area (Å²) in [6.07, 6.45) is 3.55. The van der Waals surface area contributed by atoms with Gasteiger partial charge in [-0.15, -0.1) is 0 Å². The summed E-state index contributed by atoms with van der Waals surface area (Å²) >= 11 is 6.27. The first-order chi connectivity index (χ1) is 10.2. The van der Waals surface area contributed by atoms with Crippen LogP contribution in [0.5, 0.6) is 5.75 Å². The number of rotatable bonds is 8. The van der Waals surface area contributed by atoms with E-state index in [1.54, 1.807) is 19.6 Å². The van der Waals surface area contributed by atoms with Gasteiger partial charge in [-0.05, 0) is 12.1 Å². The van der Waals surface area contributed by atoms with Crippen molar-refractivity contribution < 1.29 is 9.47 Å². The summed E-state index contributed by atoms with van der Waals surface area (Å²) < 4.78 is 12.8. The number of hydrogen-bond donors (Lipinski definition) is 1. The predicted octanol–water partition coefficient (Wildman–Crippen LogP) is 2.39. The minimum Gasteiger partial charge on any atom is -0.487 e. The molecule has 1 aromatic carbocycles. The Morgan fingerprint density at radius 3 is 2.95 bits per heavy atom. The number of imidazole rings is 1. The molecular weight excluding hydrogens is 290 g/mol. The molecule has 1 heterocycles. The topological polar surface area (TPSA) is 48.3 Å². The Morgan fingerprint density at radius 2 is 2.24 bits per heavy atom. The van der Waals surface area contributed by atoms with Crippen LogP contribution < -0.4 is 10.1 Å². The monoisotopic (exact) mass is 309 g/mol. The largest absolute Gasteiger partial charge is 0.487 e. The number of benzene rings is 1. The fraction of sp³-hybridized carbons (Fsp3) is 0.400. The first-order valence-electron chi connectivity index (χ1n) is 6.77. The van der Waals surface area contributed by atoms with E-state index in [9.17, 15) is 0 Å². The van der Waals surface area contributed by atoms with Crippen molar-refractivity contribution in [2.45, 2.75) is 13.2 Å². The number of aryl methyl sites for hydroxylation is 1. The molecule has 0 bridgehead atoms. The summed E-state index contributed by atoms with van der Waals surface area (Å²) in [6, 6.07) is 5.68. The lowest BCUT2D eigenvalue weighted by Gasteiger charge is -2.14. The van der Waals surface area contributed by atoms with Crippen molar-refractivity contribution in [3.05, 3.63) is 47.0 Å². The van der Waals surface area contributed by atoms with E-state index in [0.717, 1.165) is 23.6 Å². The minimum atomic E-state index is 0.460. The standard InChI is InChI=1S/C15H20ClN3O2/c1-19-11-18-8-12(19)10-21-15-5-3-4-14(16)13(15)9-17-6-7-20-2/h3-5,8,11,17H,6-7,9-10H2,1-2H3. The van der Waals surface area contributed by atoms with Crippen LogP contribution in [0.2, 0.25) is 5.02 Å². The fourth-order valence-corrected chi connectivity index (χ4v) is 2.14. The van der Waals surface area contributed by atoms with E-state index in [0.29, 0.717) is 24.8 Å². The molecule has 2 aromatic rings. The lowest BCUT2D eigenvalue weighted by molar-refractivity contribution is 0.199. The molecule has 114 valence electrons. The van der Waals surface area contributed by atoms with Crippen LogP contribution in [0.4, 0.5) is 0 Å². The molecule has 1 N–H and O–H groups in total. The average molecular weight is 310 g/mol. The number of aromatic nitrogens is 2. The Labute approximate surface area is 129 Å². The van der Waals surface area contributed by atoms with E-state index in [4.69, 9.17) is 21.1 Å². The van der Waals surface area contributed by atoms with Crippen LogP contribution >= 0.6 is 11.6 Å². The van der Waals surface area contributed by atoms with E-state index in [1.807, 2.05) is 29.8 Å². The second kappa shape index (κ2) is 8.02. The molecule has 0 amide bonds. The number of halogens is 1. The average Bonchev–Trinajstić information content (AvgIpc) is 2.88. The highest BCUT2D eigenvalue weighted by molar-refractivity contribution is 6.31. The van der Waals surface area contributed by atoms with Crippen LogP contribution in [0.25, 0.3) is 0 Å². The second-order valence-electron chi connectivity index (χ2n) is 4.67. The highest BCUT2D eigenvalue weighted by Crippen LogP contribution is 2.27. The molecule has 0 spiro atoms. The van der Waals surface area contributed by atoms with E-state index < -0.39 is 0 Å². The van der Waals surface area contributed by atoms with Crippen molar-refractivity contribution in [3.8, 4) is 5.75 Å². The molecule has 21 heavy (non-hydrogen) atoms. The Kier molecular flexibility index (Phi) is 6.04. The van der Waals surface area contributed by atoms with Gasteiger partial charge in [-0.2, -0.15) is 0 Å². The highest BCUT2D eigenvalue weighted by atomic mass is 35.5. The lowest BCUT2D eigenvalue weighted by Crippen LogP contribution is -2.19. The summed E-state index contributed by atoms with van der Waals surface area (Å²) in [4.78, 5) is 4.07. The molecule has 0 atom stereocenters. The van der Waals surface area contributed by atoms with Gasteiger partial charge in [0, 0.05) is 37.8 Å². The maximum Gasteiger partial charge on any atom is 0.130 e. The van der Waals surface area contributed by atoms with Crippen LogP contribution in [0.3, 0.4) is 0 Å². The molecule has 6 heteroatoms. The lowest BCUT2D eigenvalue weighted by atomic mass is 10.2. The molecule has 1 aromatic heterocycles. The molecule has 0 saturated heterocycles. The third-order valence-corrected chi connectivity index (χ3v) is 3.51. The van der Waals surface area contributed by atoms with Crippen molar-refractivity contribution in [1.82, 2.24) is 14.9 Å². The van der Waals surface area contributed by atoms with E-state index >= 15 is 0 Å². The molecule has 2 rings (SSSR count). The third-order valence-electron chi connectivity index (χ3n) is 3.15. The van der Waals surface area contributed by atoms with Gasteiger partial charge in [0.15, 0.2) is 0 Å². The van der Waals surface area contributed by atoms with Crippen LogP contribution in [0.15, 0.2) is 30.7 Å². The van der Waals surface area contributed by atoms with E-state index in [2.05, 4.69) is 10.3 Å². The van der Waals surface area contributed by atoms with Crippen molar-refractivity contribution >= 4 is 11.6 Å². The molecular formula is C15H20ClN3O2. The van der Waals surface area contributed by atoms with Gasteiger partial charge in [0.05, 0.1) is 24.8 Å². The van der Waals surface area contributed by atoms with Crippen LogP contribution in [-0.2, 0) is 24.9 Å². The Morgan fingerprint density at radius 1 is 1.38 bits per heavy atom. The van der Waals surface area contributed by atoms with Gasteiger partial charge in [-0.1, -0.05) is 17.7 Å². The SMILES string of the molecule is COCCNCc1c(Cl)cccc1OCc1cncn1C. The highest BCUT2D eigenvalue weighted by Gasteiger charge is 2.09. The van der Waals surface area contributed by atoms with E-state index in [-0.39, 0.29) is 0 Å². The van der Waals surface area contributed by atoms with Crippen molar-refractivity contribution in [3.63, 3.8) is 0 Å². The third kappa shape index (κ3) is 4.46. The van der Waals surface area contributed by atoms with E-state index in [1.165, 1.54) is 0 Å². The Hall–Kier alpha value is -1.56. The molecule has 0 radical (unpaired) electrons. The van der Waals surface area contributed by atoms with Gasteiger partial charge in [-0.25, -0.2) is 4.98 Å². The van der Waals surface area contributed by atoms with Crippen LogP contribution in [0, 0.1) is 0 Å². The number of nitrogens with one attached hydrogen (secondary N) is 1. The smallest absolute Gasteiger partial charge is 0.130 e. The zero-order valence-corrected chi connectivity index (χ0v) is 13.1. The van der Waals surface area contributed by atoms with Gasteiger partial charge in [0.2, 0.25) is 0 Å². The Balaban J connectivity index is 2.01. The summed E-state index contributed by atoms with van der Waals surface area (Å²) in [5.74, 6) is 0.786. The first kappa shape index (κ1) is 15.8. The normalized spacial score (nSPS) is 10.8. The first-order valence-corrected chi connectivity index (χ1v) is 7.15. The van der Waals surface area contributed by atoms with Gasteiger partial charge in [0.1, 0.15) is 12.4 Å². The van der Waals surface area contributed by atoms with Gasteiger partial charge in [0.25, 0.3) is 0 Å². The van der Waals surface area contributed by atoms with Gasteiger partial charge in [-0.3, -0.25) is 0 Å². The second-order valence-corrected chi connectivity index (χ2v) is 5.08. The summed E-state index contributed by atoms with van der Waals surface area (Å²) in [6.45, 7) is 2.53. The molecule has 5 nitrogen and oxygen atoms in total. The number of nitrogens with zero attached hydrogens (tertiary/aromatic N) is 2. The molecule has 0 saturated carbocycles. The minimum absolute atomic E-state index is 0.460. The van der Waals surface area contributed by atoms with Crippen molar-refractivity contribution in [2.24, 2.45) is 7.05 Å². The maximum absolute atomic E-state index is 6.27. The molecule has 0 aliphatic heterocycles. The predicted molar refractivity (Wildman–Crippen MR) is 82.6 cm³/mol. The molecule has 0 fully saturated rings. The molecule has 0 aliphatic rings. The summed E-state index contributed by atoms with van der Waals surface area (Å²) in [5.41, 5.74) is 1.96. The number of hydrogen-bond acceptors (Lipinski definition) is 4. The zero-order chi connectivity index (χ0) is 15.1. The van der Waals surface area contributed by atoms with Crippen molar-refractivity contribution in [2.75, 3.05) is 20.3 Å². The quantitative estimate of drug-likeness (QED) is 0.761. The summed E-state index contributed by atoms with van der Waals surface area (Å²) in [7, 11) is 3.62. The van der Waals surface area contributed by atoms with Gasteiger partial charge >= 0.3 is 0 Å². The molecule has 0 unspecified atom stereocenters. The number of ether oxygens (including phenoxy) is 2. The fourth-order valence-electron chi connectivity index (χ4n) is 1.91. The summed E-state index contributed by atoms with van der Waals surface area (Å²) in [5, 5.41) is 3.98. The van der Waals surface area contributed by atoms with Crippen molar-refractivity contribution in [1.29, 1.82) is 0 Å². The maximum atomic E-state index is 6.27. The van der Waals surface area contributed by atoms with Gasteiger partial charge < -0.3 is 19.4 Å². The Bertz CT molecular complexity index is 572. The van der Waals surface area contributed by atoms with Crippen LogP contribution in [0.1, 0.15) is 11.3 Å². The van der Waals surface area contributed by atoms with Crippen LogP contribution in [-0.4, -0.2) is 29.8 Å². The number of methoxy groups -OCH3 is 1.